The maximum atomic E-state index is 12.8. The minimum absolute atomic E-state index is 0.0592. The van der Waals surface area contributed by atoms with E-state index in [9.17, 15) is 13.2 Å². The van der Waals surface area contributed by atoms with Gasteiger partial charge < -0.3 is 14.4 Å². The standard InChI is InChI=1S/C18H18F3NO2/c1-3-14-11-22(13-9-7-12(8-10-13)18(19,20)21)15-5-4-6-16(23-2)17(15)24-14/h4-10,14H,3,11H2,1-2H3. The maximum absolute atomic E-state index is 12.8. The summed E-state index contributed by atoms with van der Waals surface area (Å²) < 4.78 is 49.6. The number of fused-ring (bicyclic) bond motifs is 1. The molecular weight excluding hydrogens is 319 g/mol. The summed E-state index contributed by atoms with van der Waals surface area (Å²) >= 11 is 0. The quantitative estimate of drug-likeness (QED) is 0.785. The van der Waals surface area contributed by atoms with Crippen LogP contribution in [-0.2, 0) is 6.18 Å². The first-order valence-corrected chi connectivity index (χ1v) is 7.72. The minimum atomic E-state index is -4.34. The summed E-state index contributed by atoms with van der Waals surface area (Å²) in [6.45, 7) is 2.58. The Hall–Kier alpha value is -2.37. The molecule has 0 N–H and O–H groups in total. The highest BCUT2D eigenvalue weighted by atomic mass is 19.4. The number of methoxy groups -OCH3 is 1. The second-order valence-electron chi connectivity index (χ2n) is 5.61. The predicted molar refractivity (Wildman–Crippen MR) is 86.2 cm³/mol. The molecule has 2 aromatic carbocycles. The number of halogens is 3. The molecule has 1 heterocycles. The van der Waals surface area contributed by atoms with E-state index in [-0.39, 0.29) is 6.10 Å². The summed E-state index contributed by atoms with van der Waals surface area (Å²) in [5, 5.41) is 0. The molecule has 0 saturated heterocycles. The molecule has 1 unspecified atom stereocenters. The van der Waals surface area contributed by atoms with Gasteiger partial charge in [0, 0.05) is 5.69 Å². The van der Waals surface area contributed by atoms with Crippen LogP contribution < -0.4 is 14.4 Å². The van der Waals surface area contributed by atoms with Gasteiger partial charge in [0.1, 0.15) is 6.10 Å². The number of nitrogens with zero attached hydrogens (tertiary/aromatic N) is 1. The van der Waals surface area contributed by atoms with Gasteiger partial charge in [-0.2, -0.15) is 13.2 Å². The Bertz CT molecular complexity index is 713. The molecule has 0 saturated carbocycles. The SMILES string of the molecule is CCC1CN(c2ccc(C(F)(F)F)cc2)c2cccc(OC)c2O1. The largest absolute Gasteiger partial charge is 0.493 e. The van der Waals surface area contributed by atoms with E-state index in [0.717, 1.165) is 24.2 Å². The summed E-state index contributed by atoms with van der Waals surface area (Å²) in [7, 11) is 1.57. The molecular formula is C18H18F3NO2. The highest BCUT2D eigenvalue weighted by molar-refractivity contribution is 5.74. The summed E-state index contributed by atoms with van der Waals surface area (Å²) in [6.07, 6.45) is -3.61. The maximum Gasteiger partial charge on any atom is 0.416 e. The number of ether oxygens (including phenoxy) is 2. The van der Waals surface area contributed by atoms with E-state index in [1.807, 2.05) is 30.0 Å². The lowest BCUT2D eigenvalue weighted by Gasteiger charge is -2.36. The van der Waals surface area contributed by atoms with Crippen LogP contribution in [0.1, 0.15) is 18.9 Å². The van der Waals surface area contributed by atoms with Gasteiger partial charge in [0.2, 0.25) is 0 Å². The number of benzene rings is 2. The molecule has 0 aromatic heterocycles. The average Bonchev–Trinajstić information content (AvgIpc) is 2.59. The topological polar surface area (TPSA) is 21.7 Å². The van der Waals surface area contributed by atoms with Gasteiger partial charge in [-0.15, -0.1) is 0 Å². The van der Waals surface area contributed by atoms with Crippen molar-refractivity contribution >= 4 is 11.4 Å². The van der Waals surface area contributed by atoms with Crippen LogP contribution in [0.15, 0.2) is 42.5 Å². The van der Waals surface area contributed by atoms with E-state index in [1.165, 1.54) is 12.1 Å². The Balaban J connectivity index is 2.02. The van der Waals surface area contributed by atoms with Gasteiger partial charge in [-0.25, -0.2) is 0 Å². The Kier molecular flexibility index (Phi) is 4.30. The molecule has 0 amide bonds. The van der Waals surface area contributed by atoms with Gasteiger partial charge in [-0.3, -0.25) is 0 Å². The third kappa shape index (κ3) is 3.00. The van der Waals surface area contributed by atoms with Crippen molar-refractivity contribution in [3.63, 3.8) is 0 Å². The lowest BCUT2D eigenvalue weighted by atomic mass is 10.1. The van der Waals surface area contributed by atoms with Crippen LogP contribution in [0.4, 0.5) is 24.5 Å². The predicted octanol–water partition coefficient (Wildman–Crippen LogP) is 5.02. The van der Waals surface area contributed by atoms with Crippen molar-refractivity contribution < 1.29 is 22.6 Å². The molecule has 3 rings (SSSR count). The minimum Gasteiger partial charge on any atom is -0.493 e. The van der Waals surface area contributed by atoms with Crippen LogP contribution in [0.3, 0.4) is 0 Å². The van der Waals surface area contributed by atoms with Crippen molar-refractivity contribution in [2.75, 3.05) is 18.6 Å². The van der Waals surface area contributed by atoms with Gasteiger partial charge in [-0.1, -0.05) is 13.0 Å². The second kappa shape index (κ2) is 6.26. The Labute approximate surface area is 138 Å². The fraction of sp³-hybridized carbons (Fsp3) is 0.333. The molecule has 0 bridgehead atoms. The van der Waals surface area contributed by atoms with Gasteiger partial charge in [0.25, 0.3) is 0 Å². The first-order chi connectivity index (χ1) is 11.4. The first kappa shape index (κ1) is 16.5. The van der Waals surface area contributed by atoms with E-state index in [4.69, 9.17) is 9.47 Å². The van der Waals surface area contributed by atoms with Crippen LogP contribution in [0.5, 0.6) is 11.5 Å². The Morgan fingerprint density at radius 1 is 1.17 bits per heavy atom. The summed E-state index contributed by atoms with van der Waals surface area (Å²) in [4.78, 5) is 1.97. The first-order valence-electron chi connectivity index (χ1n) is 7.72. The molecule has 128 valence electrons. The summed E-state index contributed by atoms with van der Waals surface area (Å²) in [6, 6.07) is 10.7. The van der Waals surface area contributed by atoms with Crippen molar-refractivity contribution in [1.82, 2.24) is 0 Å². The Morgan fingerprint density at radius 2 is 1.88 bits per heavy atom. The molecule has 1 aliphatic rings. The number of hydrogen-bond acceptors (Lipinski definition) is 3. The fourth-order valence-corrected chi connectivity index (χ4v) is 2.79. The lowest BCUT2D eigenvalue weighted by molar-refractivity contribution is -0.137. The fourth-order valence-electron chi connectivity index (χ4n) is 2.79. The number of rotatable bonds is 3. The zero-order valence-electron chi connectivity index (χ0n) is 13.4. The van der Waals surface area contributed by atoms with Gasteiger partial charge >= 0.3 is 6.18 Å². The van der Waals surface area contributed by atoms with Crippen molar-refractivity contribution in [2.45, 2.75) is 25.6 Å². The van der Waals surface area contributed by atoms with E-state index in [0.29, 0.717) is 23.7 Å². The van der Waals surface area contributed by atoms with E-state index in [2.05, 4.69) is 0 Å². The zero-order valence-corrected chi connectivity index (χ0v) is 13.4. The van der Waals surface area contributed by atoms with Crippen molar-refractivity contribution in [3.8, 4) is 11.5 Å². The smallest absolute Gasteiger partial charge is 0.416 e. The molecule has 0 fully saturated rings. The Morgan fingerprint density at radius 3 is 2.46 bits per heavy atom. The highest BCUT2D eigenvalue weighted by Gasteiger charge is 2.32. The molecule has 3 nitrogen and oxygen atoms in total. The monoisotopic (exact) mass is 337 g/mol. The van der Waals surface area contributed by atoms with Crippen LogP contribution in [0.25, 0.3) is 0 Å². The highest BCUT2D eigenvalue weighted by Crippen LogP contribution is 2.44. The number of alkyl halides is 3. The zero-order chi connectivity index (χ0) is 17.3. The van der Waals surface area contributed by atoms with Gasteiger partial charge in [0.05, 0.1) is 24.9 Å². The van der Waals surface area contributed by atoms with Crippen LogP contribution in [-0.4, -0.2) is 19.8 Å². The number of hydrogen-bond donors (Lipinski definition) is 0. The van der Waals surface area contributed by atoms with E-state index in [1.54, 1.807) is 7.11 Å². The van der Waals surface area contributed by atoms with E-state index >= 15 is 0 Å². The molecule has 0 spiro atoms. The van der Waals surface area contributed by atoms with Crippen molar-refractivity contribution in [1.29, 1.82) is 0 Å². The third-order valence-electron chi connectivity index (χ3n) is 4.10. The molecule has 1 atom stereocenters. The molecule has 0 radical (unpaired) electrons. The third-order valence-corrected chi connectivity index (χ3v) is 4.10. The lowest BCUT2D eigenvalue weighted by Crippen LogP contribution is -2.37. The average molecular weight is 337 g/mol. The van der Waals surface area contributed by atoms with Gasteiger partial charge in [-0.05, 0) is 42.8 Å². The van der Waals surface area contributed by atoms with Crippen LogP contribution >= 0.6 is 0 Å². The molecule has 24 heavy (non-hydrogen) atoms. The summed E-state index contributed by atoms with van der Waals surface area (Å²) in [5.41, 5.74) is 0.829. The van der Waals surface area contributed by atoms with Crippen molar-refractivity contribution in [3.05, 3.63) is 48.0 Å². The molecule has 2 aromatic rings. The normalized spacial score (nSPS) is 17.2. The van der Waals surface area contributed by atoms with Crippen LogP contribution in [0.2, 0.25) is 0 Å². The summed E-state index contributed by atoms with van der Waals surface area (Å²) in [5.74, 6) is 1.24. The molecule has 0 aliphatic carbocycles. The van der Waals surface area contributed by atoms with Crippen molar-refractivity contribution in [2.24, 2.45) is 0 Å². The number of para-hydroxylation sites is 1. The second-order valence-corrected chi connectivity index (χ2v) is 5.61. The van der Waals surface area contributed by atoms with E-state index < -0.39 is 11.7 Å². The molecule has 6 heteroatoms. The molecule has 1 aliphatic heterocycles. The van der Waals surface area contributed by atoms with Crippen LogP contribution in [0, 0.1) is 0 Å². The number of anilines is 2. The van der Waals surface area contributed by atoms with Gasteiger partial charge in [0.15, 0.2) is 11.5 Å².